The first kappa shape index (κ1) is 13.5. The number of aromatic amines is 1. The topological polar surface area (TPSA) is 70.9 Å². The summed E-state index contributed by atoms with van der Waals surface area (Å²) in [6, 6.07) is 7.49. The van der Waals surface area contributed by atoms with E-state index in [-0.39, 0.29) is 5.91 Å². The summed E-state index contributed by atoms with van der Waals surface area (Å²) in [6.45, 7) is 5.08. The van der Waals surface area contributed by atoms with E-state index < -0.39 is 0 Å². The molecule has 1 heterocycles. The maximum absolute atomic E-state index is 12.0. The minimum Gasteiger partial charge on any atom is -0.397 e. The Morgan fingerprint density at radius 3 is 2.89 bits per heavy atom. The van der Waals surface area contributed by atoms with Gasteiger partial charge < -0.3 is 16.0 Å². The van der Waals surface area contributed by atoms with Crippen molar-refractivity contribution in [2.75, 3.05) is 12.3 Å². The quantitative estimate of drug-likeness (QED) is 0.570. The zero-order chi connectivity index (χ0) is 13.8. The molecule has 0 atom stereocenters. The number of nitrogens with two attached hydrogens (primary N) is 1. The third-order valence-corrected chi connectivity index (χ3v) is 3.18. The Bertz CT molecular complexity index is 572. The lowest BCUT2D eigenvalue weighted by molar-refractivity contribution is 0.0948. The van der Waals surface area contributed by atoms with E-state index in [4.69, 9.17) is 5.73 Å². The van der Waals surface area contributed by atoms with E-state index in [1.165, 1.54) is 0 Å². The van der Waals surface area contributed by atoms with Crippen molar-refractivity contribution in [2.45, 2.75) is 26.7 Å². The second-order valence-electron chi connectivity index (χ2n) is 5.29. The molecule has 0 fully saturated rings. The van der Waals surface area contributed by atoms with Gasteiger partial charge in [0.1, 0.15) is 5.69 Å². The first-order valence-corrected chi connectivity index (χ1v) is 6.73. The van der Waals surface area contributed by atoms with Gasteiger partial charge in [-0.15, -0.1) is 0 Å². The molecule has 0 aliphatic carbocycles. The Labute approximate surface area is 113 Å². The zero-order valence-electron chi connectivity index (χ0n) is 11.5. The molecule has 0 radical (unpaired) electrons. The second kappa shape index (κ2) is 5.78. The Kier molecular flexibility index (Phi) is 4.10. The molecule has 1 aromatic carbocycles. The number of para-hydroxylation sites is 1. The Balaban J connectivity index is 2.00. The number of carbonyl (C=O) groups is 1. The molecule has 1 aromatic heterocycles. The Morgan fingerprint density at radius 2 is 2.21 bits per heavy atom. The largest absolute Gasteiger partial charge is 0.397 e. The lowest BCUT2D eigenvalue weighted by Gasteiger charge is -2.05. The predicted octanol–water partition coefficient (Wildman–Crippen LogP) is 2.92. The number of aromatic nitrogens is 1. The highest BCUT2D eigenvalue weighted by atomic mass is 16.1. The van der Waals surface area contributed by atoms with Gasteiger partial charge >= 0.3 is 0 Å². The maximum atomic E-state index is 12.0. The molecule has 19 heavy (non-hydrogen) atoms. The number of carbonyl (C=O) groups excluding carboxylic acids is 1. The van der Waals surface area contributed by atoms with Crippen LogP contribution in [0.5, 0.6) is 0 Å². The molecular formula is C15H21N3O. The molecule has 0 aliphatic heterocycles. The maximum Gasteiger partial charge on any atom is 0.267 e. The molecule has 4 nitrogen and oxygen atoms in total. The molecule has 0 unspecified atom stereocenters. The summed E-state index contributed by atoms with van der Waals surface area (Å²) in [4.78, 5) is 15.1. The summed E-state index contributed by atoms with van der Waals surface area (Å²) in [5.41, 5.74) is 7.92. The monoisotopic (exact) mass is 259 g/mol. The smallest absolute Gasteiger partial charge is 0.267 e. The molecule has 2 rings (SSSR count). The highest BCUT2D eigenvalue weighted by Crippen LogP contribution is 2.20. The minimum absolute atomic E-state index is 0.0700. The van der Waals surface area contributed by atoms with Gasteiger partial charge in [-0.1, -0.05) is 26.0 Å². The SMILES string of the molecule is CC(C)CCCNC(=O)c1cc2cccc(N)c2[nH]1. The summed E-state index contributed by atoms with van der Waals surface area (Å²) in [5, 5.41) is 3.89. The predicted molar refractivity (Wildman–Crippen MR) is 79.1 cm³/mol. The molecule has 0 saturated carbocycles. The number of nitrogens with one attached hydrogen (secondary N) is 2. The van der Waals surface area contributed by atoms with Gasteiger partial charge in [0.15, 0.2) is 0 Å². The minimum atomic E-state index is -0.0700. The van der Waals surface area contributed by atoms with Crippen LogP contribution in [0, 0.1) is 5.92 Å². The molecule has 0 bridgehead atoms. The lowest BCUT2D eigenvalue weighted by atomic mass is 10.1. The molecule has 4 heteroatoms. The van der Waals surface area contributed by atoms with Crippen LogP contribution >= 0.6 is 0 Å². The fourth-order valence-corrected chi connectivity index (χ4v) is 2.11. The average molecular weight is 259 g/mol. The highest BCUT2D eigenvalue weighted by Gasteiger charge is 2.10. The number of fused-ring (bicyclic) bond motifs is 1. The van der Waals surface area contributed by atoms with Crippen LogP contribution in [0.3, 0.4) is 0 Å². The van der Waals surface area contributed by atoms with Crippen molar-refractivity contribution >= 4 is 22.5 Å². The van der Waals surface area contributed by atoms with E-state index in [1.54, 1.807) is 0 Å². The highest BCUT2D eigenvalue weighted by molar-refractivity contribution is 6.00. The molecule has 4 N–H and O–H groups in total. The van der Waals surface area contributed by atoms with Crippen LogP contribution in [-0.2, 0) is 0 Å². The van der Waals surface area contributed by atoms with Gasteiger partial charge in [0.2, 0.25) is 0 Å². The van der Waals surface area contributed by atoms with E-state index in [0.29, 0.717) is 23.8 Å². The molecular weight excluding hydrogens is 238 g/mol. The van der Waals surface area contributed by atoms with Gasteiger partial charge in [-0.05, 0) is 30.9 Å². The normalized spacial score (nSPS) is 11.1. The first-order valence-electron chi connectivity index (χ1n) is 6.73. The molecule has 0 aliphatic rings. The number of hydrogen-bond acceptors (Lipinski definition) is 2. The second-order valence-corrected chi connectivity index (χ2v) is 5.29. The molecule has 102 valence electrons. The number of rotatable bonds is 5. The summed E-state index contributed by atoms with van der Waals surface area (Å²) >= 11 is 0. The number of nitrogen functional groups attached to an aromatic ring is 1. The third-order valence-electron chi connectivity index (χ3n) is 3.18. The van der Waals surface area contributed by atoms with Crippen molar-refractivity contribution in [3.8, 4) is 0 Å². The number of H-pyrrole nitrogens is 1. The first-order chi connectivity index (χ1) is 9.08. The van der Waals surface area contributed by atoms with Crippen LogP contribution < -0.4 is 11.1 Å². The molecule has 0 saturated heterocycles. The van der Waals surface area contributed by atoms with Gasteiger partial charge in [0.05, 0.1) is 11.2 Å². The fourth-order valence-electron chi connectivity index (χ4n) is 2.11. The Morgan fingerprint density at radius 1 is 1.42 bits per heavy atom. The average Bonchev–Trinajstić information content (AvgIpc) is 2.79. The summed E-state index contributed by atoms with van der Waals surface area (Å²) < 4.78 is 0. The van der Waals surface area contributed by atoms with Crippen LogP contribution in [-0.4, -0.2) is 17.4 Å². The summed E-state index contributed by atoms with van der Waals surface area (Å²) in [7, 11) is 0. The van der Waals surface area contributed by atoms with Crippen LogP contribution in [0.15, 0.2) is 24.3 Å². The van der Waals surface area contributed by atoms with E-state index in [9.17, 15) is 4.79 Å². The van der Waals surface area contributed by atoms with Gasteiger partial charge in [-0.3, -0.25) is 4.79 Å². The number of hydrogen-bond donors (Lipinski definition) is 3. The lowest BCUT2D eigenvalue weighted by Crippen LogP contribution is -2.24. The van der Waals surface area contributed by atoms with E-state index in [0.717, 1.165) is 23.7 Å². The van der Waals surface area contributed by atoms with Crippen LogP contribution in [0.2, 0.25) is 0 Å². The van der Waals surface area contributed by atoms with E-state index in [2.05, 4.69) is 24.1 Å². The summed E-state index contributed by atoms with van der Waals surface area (Å²) in [5.74, 6) is 0.601. The number of benzene rings is 1. The van der Waals surface area contributed by atoms with Crippen LogP contribution in [0.1, 0.15) is 37.2 Å². The van der Waals surface area contributed by atoms with E-state index in [1.807, 2.05) is 24.3 Å². The van der Waals surface area contributed by atoms with Crippen molar-refractivity contribution in [1.82, 2.24) is 10.3 Å². The Hall–Kier alpha value is -1.97. The summed E-state index contributed by atoms with van der Waals surface area (Å²) in [6.07, 6.45) is 2.13. The van der Waals surface area contributed by atoms with E-state index >= 15 is 0 Å². The van der Waals surface area contributed by atoms with Crippen molar-refractivity contribution in [3.63, 3.8) is 0 Å². The van der Waals surface area contributed by atoms with Gasteiger partial charge in [0.25, 0.3) is 5.91 Å². The zero-order valence-corrected chi connectivity index (χ0v) is 11.5. The fraction of sp³-hybridized carbons (Fsp3) is 0.400. The van der Waals surface area contributed by atoms with Gasteiger partial charge in [-0.2, -0.15) is 0 Å². The van der Waals surface area contributed by atoms with Crippen LogP contribution in [0.4, 0.5) is 5.69 Å². The van der Waals surface area contributed by atoms with Gasteiger partial charge in [-0.25, -0.2) is 0 Å². The molecule has 2 aromatic rings. The number of amides is 1. The van der Waals surface area contributed by atoms with Crippen LogP contribution in [0.25, 0.3) is 10.9 Å². The molecule has 1 amide bonds. The van der Waals surface area contributed by atoms with Gasteiger partial charge in [0, 0.05) is 11.9 Å². The third kappa shape index (κ3) is 3.28. The van der Waals surface area contributed by atoms with Crippen molar-refractivity contribution in [2.24, 2.45) is 5.92 Å². The van der Waals surface area contributed by atoms with Crippen molar-refractivity contribution in [1.29, 1.82) is 0 Å². The number of anilines is 1. The molecule has 0 spiro atoms. The van der Waals surface area contributed by atoms with Crippen molar-refractivity contribution < 1.29 is 4.79 Å². The standard InChI is InChI=1S/C15H21N3O/c1-10(2)5-4-8-17-15(19)13-9-11-6-3-7-12(16)14(11)18-13/h3,6-7,9-10,18H,4-5,8,16H2,1-2H3,(H,17,19). The van der Waals surface area contributed by atoms with Crippen molar-refractivity contribution in [3.05, 3.63) is 30.0 Å².